The molecule has 5 nitrogen and oxygen atoms in total. The van der Waals surface area contributed by atoms with Crippen LogP contribution in [-0.2, 0) is 13.0 Å². The van der Waals surface area contributed by atoms with E-state index in [0.29, 0.717) is 17.8 Å². The molecule has 1 aliphatic rings. The molecule has 1 saturated carbocycles. The van der Waals surface area contributed by atoms with Gasteiger partial charge < -0.3 is 10.1 Å². The molecule has 6 heteroatoms. The fraction of sp³-hybridized carbons (Fsp3) is 0.500. The van der Waals surface area contributed by atoms with E-state index in [0.717, 1.165) is 24.4 Å². The van der Waals surface area contributed by atoms with Gasteiger partial charge in [0.1, 0.15) is 5.01 Å². The summed E-state index contributed by atoms with van der Waals surface area (Å²) in [6, 6.07) is 4.77. The van der Waals surface area contributed by atoms with E-state index in [9.17, 15) is 0 Å². The summed E-state index contributed by atoms with van der Waals surface area (Å²) < 4.78 is 5.63. The Kier molecular flexibility index (Phi) is 4.55. The van der Waals surface area contributed by atoms with E-state index in [1.807, 2.05) is 24.5 Å². The molecule has 0 bridgehead atoms. The number of aromatic nitrogens is 3. The van der Waals surface area contributed by atoms with Crippen LogP contribution in [0, 0.1) is 0 Å². The van der Waals surface area contributed by atoms with Gasteiger partial charge in [-0.3, -0.25) is 4.98 Å². The van der Waals surface area contributed by atoms with Crippen molar-refractivity contribution in [3.63, 3.8) is 0 Å². The lowest BCUT2D eigenvalue weighted by Crippen LogP contribution is -2.14. The highest BCUT2D eigenvalue weighted by Crippen LogP contribution is 2.22. The van der Waals surface area contributed by atoms with Gasteiger partial charge >= 0.3 is 0 Å². The Bertz CT molecular complexity index is 527. The quantitative estimate of drug-likeness (QED) is 0.755. The van der Waals surface area contributed by atoms with E-state index in [1.165, 1.54) is 29.7 Å². The molecule has 0 spiro atoms. The first-order chi connectivity index (χ1) is 9.90. The van der Waals surface area contributed by atoms with Crippen LogP contribution in [0.1, 0.15) is 29.8 Å². The van der Waals surface area contributed by atoms with Crippen LogP contribution in [0.4, 0.5) is 0 Å². The van der Waals surface area contributed by atoms with Gasteiger partial charge in [0.05, 0.1) is 13.2 Å². The highest BCUT2D eigenvalue weighted by Gasteiger charge is 2.20. The lowest BCUT2D eigenvalue weighted by Gasteiger charge is -2.01. The molecule has 0 amide bonds. The molecule has 1 N–H and O–H groups in total. The molecule has 0 aliphatic heterocycles. The highest BCUT2D eigenvalue weighted by molar-refractivity contribution is 7.13. The first-order valence-electron chi connectivity index (χ1n) is 6.97. The third-order valence-corrected chi connectivity index (χ3v) is 3.99. The minimum absolute atomic E-state index is 0.673. The van der Waals surface area contributed by atoms with Crippen molar-refractivity contribution in [2.24, 2.45) is 0 Å². The second-order valence-corrected chi connectivity index (χ2v) is 5.95. The van der Waals surface area contributed by atoms with Crippen LogP contribution >= 0.6 is 11.3 Å². The fourth-order valence-electron chi connectivity index (χ4n) is 1.87. The number of rotatable bonds is 8. The van der Waals surface area contributed by atoms with Crippen LogP contribution < -0.4 is 10.1 Å². The van der Waals surface area contributed by atoms with E-state index in [4.69, 9.17) is 4.74 Å². The van der Waals surface area contributed by atoms with Gasteiger partial charge in [0.15, 0.2) is 0 Å². The predicted octanol–water partition coefficient (Wildman–Crippen LogP) is 2.20. The second kappa shape index (κ2) is 6.76. The Morgan fingerprint density at radius 3 is 2.90 bits per heavy atom. The van der Waals surface area contributed by atoms with Crippen molar-refractivity contribution in [1.29, 1.82) is 0 Å². The predicted molar refractivity (Wildman–Crippen MR) is 77.8 cm³/mol. The van der Waals surface area contributed by atoms with Gasteiger partial charge in [-0.1, -0.05) is 11.3 Å². The molecule has 20 heavy (non-hydrogen) atoms. The molecular formula is C14H18N4OS. The number of ether oxygens (including phenoxy) is 1. The van der Waals surface area contributed by atoms with Crippen LogP contribution in [0.5, 0.6) is 5.19 Å². The number of hydrogen-bond donors (Lipinski definition) is 1. The normalized spacial score (nSPS) is 14.4. The zero-order valence-corrected chi connectivity index (χ0v) is 12.1. The zero-order chi connectivity index (χ0) is 13.6. The minimum Gasteiger partial charge on any atom is -0.469 e. The van der Waals surface area contributed by atoms with Crippen molar-refractivity contribution < 1.29 is 4.74 Å². The molecular weight excluding hydrogens is 272 g/mol. The molecule has 0 aromatic carbocycles. The summed E-state index contributed by atoms with van der Waals surface area (Å²) in [6.07, 6.45) is 8.19. The van der Waals surface area contributed by atoms with Crippen LogP contribution in [0.3, 0.4) is 0 Å². The van der Waals surface area contributed by atoms with Crippen molar-refractivity contribution in [2.75, 3.05) is 6.61 Å². The molecule has 1 fully saturated rings. The largest absolute Gasteiger partial charge is 0.469 e. The Balaban J connectivity index is 1.35. The third kappa shape index (κ3) is 4.25. The van der Waals surface area contributed by atoms with Crippen LogP contribution in [0.25, 0.3) is 0 Å². The van der Waals surface area contributed by atoms with E-state index in [-0.39, 0.29) is 0 Å². The minimum atomic E-state index is 0.673. The average molecular weight is 290 g/mol. The number of pyridine rings is 1. The highest BCUT2D eigenvalue weighted by atomic mass is 32.1. The SMILES string of the molecule is c1cc(CCCOc2nnc(CNC3CC3)s2)ccn1. The van der Waals surface area contributed by atoms with Gasteiger partial charge in [0.2, 0.25) is 0 Å². The second-order valence-electron chi connectivity index (χ2n) is 4.92. The summed E-state index contributed by atoms with van der Waals surface area (Å²) in [5, 5.41) is 13.3. The maximum absolute atomic E-state index is 5.63. The van der Waals surface area contributed by atoms with Gasteiger partial charge in [0, 0.05) is 18.4 Å². The third-order valence-electron chi connectivity index (χ3n) is 3.15. The number of hydrogen-bond acceptors (Lipinski definition) is 6. The van der Waals surface area contributed by atoms with E-state index in [1.54, 1.807) is 0 Å². The summed E-state index contributed by atoms with van der Waals surface area (Å²) in [6.45, 7) is 1.48. The van der Waals surface area contributed by atoms with Crippen LogP contribution in [0.2, 0.25) is 0 Å². The first-order valence-corrected chi connectivity index (χ1v) is 7.79. The van der Waals surface area contributed by atoms with Gasteiger partial charge in [-0.15, -0.1) is 10.2 Å². The smallest absolute Gasteiger partial charge is 0.294 e. The molecule has 0 saturated heterocycles. The summed E-state index contributed by atoms with van der Waals surface area (Å²) in [4.78, 5) is 4.00. The Morgan fingerprint density at radius 2 is 2.10 bits per heavy atom. The summed E-state index contributed by atoms with van der Waals surface area (Å²) in [5.41, 5.74) is 1.29. The lowest BCUT2D eigenvalue weighted by atomic mass is 10.1. The zero-order valence-electron chi connectivity index (χ0n) is 11.3. The van der Waals surface area contributed by atoms with Crippen LogP contribution in [-0.4, -0.2) is 27.8 Å². The van der Waals surface area contributed by atoms with Crippen LogP contribution in [0.15, 0.2) is 24.5 Å². The molecule has 1 aliphatic carbocycles. The van der Waals surface area contributed by atoms with Crippen molar-refractivity contribution in [1.82, 2.24) is 20.5 Å². The molecule has 0 unspecified atom stereocenters. The van der Waals surface area contributed by atoms with E-state index in [2.05, 4.69) is 20.5 Å². The Labute approximate surface area is 122 Å². The number of nitrogens with one attached hydrogen (secondary N) is 1. The number of nitrogens with zero attached hydrogens (tertiary/aromatic N) is 3. The van der Waals surface area contributed by atoms with Crippen molar-refractivity contribution in [3.05, 3.63) is 35.1 Å². The molecule has 3 rings (SSSR count). The topological polar surface area (TPSA) is 59.9 Å². The fourth-order valence-corrected chi connectivity index (χ4v) is 2.53. The van der Waals surface area contributed by atoms with E-state index >= 15 is 0 Å². The Hall–Kier alpha value is -1.53. The van der Waals surface area contributed by atoms with Gasteiger partial charge in [0.25, 0.3) is 5.19 Å². The number of aryl methyl sites for hydroxylation is 1. The van der Waals surface area contributed by atoms with Crippen molar-refractivity contribution >= 4 is 11.3 Å². The summed E-state index contributed by atoms with van der Waals surface area (Å²) in [5.74, 6) is 0. The summed E-state index contributed by atoms with van der Waals surface area (Å²) >= 11 is 1.53. The Morgan fingerprint density at radius 1 is 1.25 bits per heavy atom. The van der Waals surface area contributed by atoms with Gasteiger partial charge in [-0.25, -0.2) is 0 Å². The maximum atomic E-state index is 5.63. The average Bonchev–Trinajstić information content (AvgIpc) is 3.21. The van der Waals surface area contributed by atoms with E-state index < -0.39 is 0 Å². The van der Waals surface area contributed by atoms with Crippen molar-refractivity contribution in [3.8, 4) is 5.19 Å². The standard InChI is InChI=1S/C14H18N4OS/c1(2-11-5-7-15-8-6-11)9-19-14-18-17-13(20-14)10-16-12-3-4-12/h5-8,12,16H,1-4,9-10H2. The van der Waals surface area contributed by atoms with Gasteiger partial charge in [-0.2, -0.15) is 0 Å². The van der Waals surface area contributed by atoms with Crippen molar-refractivity contribution in [2.45, 2.75) is 38.3 Å². The maximum Gasteiger partial charge on any atom is 0.294 e. The lowest BCUT2D eigenvalue weighted by molar-refractivity contribution is 0.307. The molecule has 0 radical (unpaired) electrons. The first kappa shape index (κ1) is 13.5. The summed E-state index contributed by atoms with van der Waals surface area (Å²) in [7, 11) is 0. The molecule has 2 aromatic rings. The molecule has 2 heterocycles. The molecule has 2 aromatic heterocycles. The van der Waals surface area contributed by atoms with Gasteiger partial charge in [-0.05, 0) is 43.4 Å². The monoisotopic (exact) mass is 290 g/mol. The molecule has 0 atom stereocenters. The molecule has 106 valence electrons.